The number of hydrogen-bond acceptors (Lipinski definition) is 3. The molecule has 82 valence electrons. The third-order valence-corrected chi connectivity index (χ3v) is 4.05. The summed E-state index contributed by atoms with van der Waals surface area (Å²) in [5.41, 5.74) is -0.387. The van der Waals surface area contributed by atoms with Crippen molar-refractivity contribution in [2.45, 2.75) is 37.9 Å². The summed E-state index contributed by atoms with van der Waals surface area (Å²) in [6.07, 6.45) is 8.49. The molecule has 1 atom stereocenters. The fraction of sp³-hybridized carbons (Fsp3) is 0.750. The maximum atomic E-state index is 12.1. The van der Waals surface area contributed by atoms with Gasteiger partial charge < -0.3 is 9.47 Å². The highest BCUT2D eigenvalue weighted by Crippen LogP contribution is 2.54. The standard InChI is InChI=1S/C12H16O3/c13-10-4-3-6-11(10)5-1-2-7-12(11)14-8-9-15-12/h3-4H,1-2,5-9H2. The van der Waals surface area contributed by atoms with Crippen LogP contribution < -0.4 is 0 Å². The average Bonchev–Trinajstić information content (AvgIpc) is 2.82. The largest absolute Gasteiger partial charge is 0.346 e. The van der Waals surface area contributed by atoms with Gasteiger partial charge in [-0.2, -0.15) is 0 Å². The van der Waals surface area contributed by atoms with Crippen LogP contribution in [0.3, 0.4) is 0 Å². The number of ketones is 1. The summed E-state index contributed by atoms with van der Waals surface area (Å²) in [7, 11) is 0. The zero-order valence-corrected chi connectivity index (χ0v) is 8.83. The van der Waals surface area contributed by atoms with Gasteiger partial charge in [0.25, 0.3) is 0 Å². The van der Waals surface area contributed by atoms with Gasteiger partial charge >= 0.3 is 0 Å². The normalized spacial score (nSPS) is 38.3. The second-order valence-electron chi connectivity index (χ2n) is 4.71. The van der Waals surface area contributed by atoms with Crippen molar-refractivity contribution in [1.82, 2.24) is 0 Å². The predicted octanol–water partition coefficient (Wildman–Crippen LogP) is 1.82. The van der Waals surface area contributed by atoms with Gasteiger partial charge in [-0.3, -0.25) is 4.79 Å². The van der Waals surface area contributed by atoms with E-state index in [-0.39, 0.29) is 11.2 Å². The van der Waals surface area contributed by atoms with Gasteiger partial charge in [0.1, 0.15) is 0 Å². The average molecular weight is 208 g/mol. The maximum Gasteiger partial charge on any atom is 0.181 e. The minimum atomic E-state index is -0.591. The summed E-state index contributed by atoms with van der Waals surface area (Å²) in [5.74, 6) is -0.379. The minimum Gasteiger partial charge on any atom is -0.346 e. The summed E-state index contributed by atoms with van der Waals surface area (Å²) in [4.78, 5) is 12.1. The number of fused-ring (bicyclic) bond motifs is 1. The molecule has 1 aliphatic heterocycles. The summed E-state index contributed by atoms with van der Waals surface area (Å²) < 4.78 is 11.6. The van der Waals surface area contributed by atoms with Crippen molar-refractivity contribution in [1.29, 1.82) is 0 Å². The first-order valence-corrected chi connectivity index (χ1v) is 5.78. The van der Waals surface area contributed by atoms with E-state index in [2.05, 4.69) is 0 Å². The Balaban J connectivity index is 2.00. The molecule has 1 saturated heterocycles. The van der Waals surface area contributed by atoms with Crippen LogP contribution in [0.1, 0.15) is 32.1 Å². The first kappa shape index (κ1) is 9.55. The fourth-order valence-corrected chi connectivity index (χ4v) is 3.29. The number of ether oxygens (including phenoxy) is 2. The van der Waals surface area contributed by atoms with Crippen molar-refractivity contribution in [2.75, 3.05) is 13.2 Å². The van der Waals surface area contributed by atoms with Gasteiger partial charge in [0.15, 0.2) is 11.6 Å². The van der Waals surface area contributed by atoms with Crippen LogP contribution in [-0.2, 0) is 14.3 Å². The van der Waals surface area contributed by atoms with E-state index in [0.717, 1.165) is 32.1 Å². The molecule has 0 aromatic carbocycles. The molecule has 2 spiro atoms. The second kappa shape index (κ2) is 3.16. The molecule has 3 nitrogen and oxygen atoms in total. The minimum absolute atomic E-state index is 0.212. The zero-order valence-electron chi connectivity index (χ0n) is 8.83. The van der Waals surface area contributed by atoms with E-state index in [4.69, 9.17) is 9.47 Å². The van der Waals surface area contributed by atoms with Crippen LogP contribution in [0, 0.1) is 5.41 Å². The molecule has 15 heavy (non-hydrogen) atoms. The van der Waals surface area contributed by atoms with E-state index >= 15 is 0 Å². The van der Waals surface area contributed by atoms with Gasteiger partial charge in [-0.1, -0.05) is 12.5 Å². The Labute approximate surface area is 89.4 Å². The Morgan fingerprint density at radius 3 is 2.53 bits per heavy atom. The zero-order chi connectivity index (χ0) is 10.4. The lowest BCUT2D eigenvalue weighted by molar-refractivity contribution is -0.245. The van der Waals surface area contributed by atoms with Gasteiger partial charge in [0.05, 0.1) is 18.6 Å². The Kier molecular flexibility index (Phi) is 2.01. The molecule has 0 bridgehead atoms. The monoisotopic (exact) mass is 208 g/mol. The summed E-state index contributed by atoms with van der Waals surface area (Å²) in [5, 5.41) is 0. The third kappa shape index (κ3) is 1.11. The second-order valence-corrected chi connectivity index (χ2v) is 4.71. The number of carbonyl (C=O) groups is 1. The quantitative estimate of drug-likeness (QED) is 0.609. The van der Waals surface area contributed by atoms with E-state index < -0.39 is 5.79 Å². The van der Waals surface area contributed by atoms with Crippen molar-refractivity contribution in [2.24, 2.45) is 5.41 Å². The first-order chi connectivity index (χ1) is 7.29. The number of allylic oxidation sites excluding steroid dienone is 2. The number of carbonyl (C=O) groups excluding carboxylic acids is 1. The van der Waals surface area contributed by atoms with Crippen LogP contribution in [0.2, 0.25) is 0 Å². The third-order valence-electron chi connectivity index (χ3n) is 4.05. The van der Waals surface area contributed by atoms with Crippen LogP contribution in [0.15, 0.2) is 12.2 Å². The molecule has 1 saturated carbocycles. The lowest BCUT2D eigenvalue weighted by Crippen LogP contribution is -2.54. The fourth-order valence-electron chi connectivity index (χ4n) is 3.29. The lowest BCUT2D eigenvalue weighted by Gasteiger charge is -2.46. The molecule has 2 aliphatic carbocycles. The predicted molar refractivity (Wildman–Crippen MR) is 54.3 cm³/mol. The molecule has 3 rings (SSSR count). The van der Waals surface area contributed by atoms with E-state index in [1.807, 2.05) is 6.08 Å². The molecular weight excluding hydrogens is 192 g/mol. The molecule has 0 radical (unpaired) electrons. The number of hydrogen-bond donors (Lipinski definition) is 0. The van der Waals surface area contributed by atoms with Crippen molar-refractivity contribution in [3.8, 4) is 0 Å². The summed E-state index contributed by atoms with van der Waals surface area (Å²) in [6, 6.07) is 0. The van der Waals surface area contributed by atoms with E-state index in [1.165, 1.54) is 0 Å². The van der Waals surface area contributed by atoms with Crippen molar-refractivity contribution >= 4 is 5.78 Å². The van der Waals surface area contributed by atoms with E-state index in [9.17, 15) is 4.79 Å². The summed E-state index contributed by atoms with van der Waals surface area (Å²) in [6.45, 7) is 1.27. The van der Waals surface area contributed by atoms with Crippen molar-refractivity contribution in [3.63, 3.8) is 0 Å². The molecular formula is C12H16O3. The molecule has 0 amide bonds. The Bertz CT molecular complexity index is 315. The topological polar surface area (TPSA) is 35.5 Å². The Morgan fingerprint density at radius 2 is 1.87 bits per heavy atom. The van der Waals surface area contributed by atoms with Gasteiger partial charge in [-0.25, -0.2) is 0 Å². The molecule has 0 aromatic heterocycles. The Hall–Kier alpha value is -0.670. The van der Waals surface area contributed by atoms with Crippen LogP contribution >= 0.6 is 0 Å². The number of rotatable bonds is 0. The lowest BCUT2D eigenvalue weighted by atomic mass is 9.67. The molecule has 1 heterocycles. The maximum absolute atomic E-state index is 12.1. The SMILES string of the molecule is O=C1C=CCC12CCCCC21OCCO1. The molecule has 0 aromatic rings. The van der Waals surface area contributed by atoms with Gasteiger partial charge in [0, 0.05) is 6.42 Å². The highest BCUT2D eigenvalue weighted by molar-refractivity contribution is 5.98. The summed E-state index contributed by atoms with van der Waals surface area (Å²) >= 11 is 0. The van der Waals surface area contributed by atoms with Crippen molar-refractivity contribution in [3.05, 3.63) is 12.2 Å². The first-order valence-electron chi connectivity index (χ1n) is 5.78. The molecule has 2 fully saturated rings. The van der Waals surface area contributed by atoms with Gasteiger partial charge in [-0.15, -0.1) is 0 Å². The van der Waals surface area contributed by atoms with Crippen LogP contribution in [-0.4, -0.2) is 24.8 Å². The highest BCUT2D eigenvalue weighted by Gasteiger charge is 2.61. The van der Waals surface area contributed by atoms with Crippen LogP contribution in [0.4, 0.5) is 0 Å². The Morgan fingerprint density at radius 1 is 1.13 bits per heavy atom. The van der Waals surface area contributed by atoms with Gasteiger partial charge in [0.2, 0.25) is 0 Å². The highest BCUT2D eigenvalue weighted by atomic mass is 16.7. The van der Waals surface area contributed by atoms with Crippen LogP contribution in [0.5, 0.6) is 0 Å². The molecule has 3 heteroatoms. The van der Waals surface area contributed by atoms with Gasteiger partial charge in [-0.05, 0) is 25.3 Å². The molecule has 1 unspecified atom stereocenters. The molecule has 0 N–H and O–H groups in total. The van der Waals surface area contributed by atoms with E-state index in [1.54, 1.807) is 6.08 Å². The van der Waals surface area contributed by atoms with Crippen molar-refractivity contribution < 1.29 is 14.3 Å². The van der Waals surface area contributed by atoms with E-state index in [0.29, 0.717) is 13.2 Å². The molecule has 3 aliphatic rings. The van der Waals surface area contributed by atoms with Crippen LogP contribution in [0.25, 0.3) is 0 Å². The smallest absolute Gasteiger partial charge is 0.181 e.